The van der Waals surface area contributed by atoms with Crippen molar-refractivity contribution >= 4 is 155 Å². The van der Waals surface area contributed by atoms with Gasteiger partial charge in [0, 0.05) is 56.1 Å². The number of nitrogens with zero attached hydrogens (tertiary/aromatic N) is 4. The molecule has 6 amide bonds. The Bertz CT molecular complexity index is 2320. The lowest BCUT2D eigenvalue weighted by Gasteiger charge is -2.27. The van der Waals surface area contributed by atoms with Gasteiger partial charge in [-0.2, -0.15) is 12.5 Å². The lowest BCUT2D eigenvalue weighted by Crippen LogP contribution is -2.47. The molecular weight excluding hydrogens is 1060 g/mol. The molecule has 318 valence electrons. The zero-order chi connectivity index (χ0) is 45.7. The smallest absolute Gasteiger partial charge is 0.303 e. The summed E-state index contributed by atoms with van der Waals surface area (Å²) in [5.41, 5.74) is -0.844. The minimum Gasteiger partial charge on any atom is -0.303 e. The van der Waals surface area contributed by atoms with Gasteiger partial charge in [-0.3, -0.25) is 14.4 Å². The van der Waals surface area contributed by atoms with Gasteiger partial charge >= 0.3 is 12.1 Å². The van der Waals surface area contributed by atoms with E-state index in [1.807, 2.05) is 24.3 Å². The van der Waals surface area contributed by atoms with E-state index in [-0.39, 0.29) is 58.9 Å². The van der Waals surface area contributed by atoms with Gasteiger partial charge in [0.1, 0.15) is 12.2 Å². The Hall–Kier alpha value is -2.66. The molecular formula is C40H32Br2Cl6F2N4O5S. The average molecular weight is 1090 g/mol. The van der Waals surface area contributed by atoms with Gasteiger partial charge in [-0.05, 0) is 78.0 Å². The number of hydrogen-bond acceptors (Lipinski definition) is 6. The fourth-order valence-electron chi connectivity index (χ4n) is 7.62. The summed E-state index contributed by atoms with van der Waals surface area (Å²) >= 11 is 41.1. The number of amides is 6. The third-order valence-electron chi connectivity index (χ3n) is 9.88. The summed E-state index contributed by atoms with van der Waals surface area (Å²) in [4.78, 5) is 69.1. The van der Waals surface area contributed by atoms with E-state index in [2.05, 4.69) is 31.9 Å². The van der Waals surface area contributed by atoms with Crippen LogP contribution in [0.15, 0.2) is 93.9 Å². The predicted octanol–water partition coefficient (Wildman–Crippen LogP) is 12.0. The molecule has 8 rings (SSSR count). The second-order valence-electron chi connectivity index (χ2n) is 13.8. The maximum atomic E-state index is 14.3. The summed E-state index contributed by atoms with van der Waals surface area (Å²) in [6.07, 6.45) is -0.323. The Balaban J connectivity index is 0.000000204. The van der Waals surface area contributed by atoms with Crippen LogP contribution in [0.1, 0.15) is 25.3 Å². The molecule has 4 aromatic rings. The van der Waals surface area contributed by atoms with Gasteiger partial charge in [0.25, 0.3) is 17.7 Å². The van der Waals surface area contributed by atoms with Crippen LogP contribution in [0.2, 0.25) is 20.1 Å². The number of carbonyl (C=O) groups excluding carboxylic acids is 5. The van der Waals surface area contributed by atoms with Crippen molar-refractivity contribution < 1.29 is 34.1 Å². The molecule has 0 aliphatic carbocycles. The molecule has 20 heteroatoms. The van der Waals surface area contributed by atoms with Crippen LogP contribution < -0.4 is 9.80 Å². The molecule has 4 heterocycles. The van der Waals surface area contributed by atoms with Gasteiger partial charge in [-0.25, -0.2) is 28.2 Å². The van der Waals surface area contributed by atoms with Crippen LogP contribution in [-0.2, 0) is 27.2 Å². The van der Waals surface area contributed by atoms with E-state index < -0.39 is 53.8 Å². The highest BCUT2D eigenvalue weighted by Gasteiger charge is 2.67. The Morgan fingerprint density at radius 1 is 0.700 bits per heavy atom. The molecule has 0 spiro atoms. The van der Waals surface area contributed by atoms with Crippen molar-refractivity contribution in [2.24, 2.45) is 0 Å². The Morgan fingerprint density at radius 2 is 1.08 bits per heavy atom. The quantitative estimate of drug-likeness (QED) is 0.118. The number of urea groups is 2. The summed E-state index contributed by atoms with van der Waals surface area (Å²) < 4.78 is 42.7. The third kappa shape index (κ3) is 10.1. The first kappa shape index (κ1) is 45.4. The maximum absolute atomic E-state index is 14.3. The number of carbonyl (C=O) groups is 5. The first-order valence-corrected chi connectivity index (χ1v) is 22.1. The van der Waals surface area contributed by atoms with Crippen molar-refractivity contribution in [3.05, 3.63) is 125 Å². The van der Waals surface area contributed by atoms with Crippen molar-refractivity contribution in [3.8, 4) is 0 Å². The number of halogens is 10. The van der Waals surface area contributed by atoms with Gasteiger partial charge < -0.3 is 9.80 Å². The number of fused-ring (bicyclic) bond motifs is 2. The van der Waals surface area contributed by atoms with Crippen LogP contribution in [0.25, 0.3) is 0 Å². The minimum atomic E-state index is -3.14. The van der Waals surface area contributed by atoms with Crippen LogP contribution in [0, 0.1) is 0 Å². The summed E-state index contributed by atoms with van der Waals surface area (Å²) in [6.45, 7) is -0.884. The number of benzene rings is 4. The second kappa shape index (κ2) is 19.8. The Kier molecular flexibility index (Phi) is 15.0. The highest BCUT2D eigenvalue weighted by atomic mass is 79.9. The molecule has 0 saturated carbocycles. The fourth-order valence-corrected chi connectivity index (χ4v) is 9.18. The fraction of sp³-hybridized carbons (Fsp3) is 0.275. The minimum absolute atomic E-state index is 0.00155. The van der Waals surface area contributed by atoms with Gasteiger partial charge in [-0.1, -0.05) is 103 Å². The lowest BCUT2D eigenvalue weighted by atomic mass is 9.87. The third-order valence-corrected chi connectivity index (χ3v) is 11.8. The molecule has 2 atom stereocenters. The predicted molar refractivity (Wildman–Crippen MR) is 244 cm³/mol. The number of hydrogen-bond donors (Lipinski definition) is 1. The van der Waals surface area contributed by atoms with Crippen LogP contribution in [0.4, 0.5) is 29.7 Å². The van der Waals surface area contributed by atoms with E-state index in [1.165, 1.54) is 41.3 Å². The lowest BCUT2D eigenvalue weighted by molar-refractivity contribution is -0.125. The number of thiol groups is 1. The molecule has 2 unspecified atom stereocenters. The Labute approximate surface area is 399 Å². The summed E-state index contributed by atoms with van der Waals surface area (Å²) in [6, 6.07) is 22.0. The van der Waals surface area contributed by atoms with Gasteiger partial charge in [0.2, 0.25) is 0 Å². The first-order chi connectivity index (χ1) is 29.2. The van der Waals surface area contributed by atoms with Crippen molar-refractivity contribution in [1.29, 1.82) is 1.12 Å². The molecule has 4 aromatic carbocycles. The molecule has 4 aliphatic rings. The van der Waals surface area contributed by atoms with Crippen LogP contribution in [0.5, 0.6) is 0 Å². The molecule has 0 bridgehead atoms. The monoisotopic (exact) mass is 1090 g/mol. The van der Waals surface area contributed by atoms with Gasteiger partial charge in [0.15, 0.2) is 5.78 Å². The number of ketones is 1. The van der Waals surface area contributed by atoms with Crippen molar-refractivity contribution in [2.45, 2.75) is 42.7 Å². The number of anilines is 2. The second-order valence-corrected chi connectivity index (χ2v) is 18.2. The van der Waals surface area contributed by atoms with E-state index in [4.69, 9.17) is 72.1 Å². The van der Waals surface area contributed by atoms with Crippen molar-refractivity contribution in [1.82, 2.24) is 9.80 Å². The maximum Gasteiger partial charge on any atom is 0.332 e. The number of imide groups is 2. The van der Waals surface area contributed by atoms with Gasteiger partial charge in [-0.15, -0.1) is 23.2 Å². The van der Waals surface area contributed by atoms with Gasteiger partial charge in [0.05, 0.1) is 29.8 Å². The normalized spacial score (nSPS) is 21.7. The molecule has 0 aromatic heterocycles. The number of Topliss-reactive ketones (excluding diaryl/α,β-unsaturated/α-hetero) is 1. The summed E-state index contributed by atoms with van der Waals surface area (Å²) in [5.74, 6) is -4.40. The molecule has 0 radical (unpaired) electrons. The standard InChI is InChI=1S/C19H13BrCl2F2N2O2.C19H13BrCl2N2O3.CH2Cl2.CH4S/c20-12-3-1-11(2-4-12)8-18-9-19(23,24)10-25(18)17(28)26(16(18)27)15-6-13(21)5-14(22)7-15;20-12-3-1-11(2-4-12)8-19-9-16(25)10-23(19)18(27)24(17(19)26)15-6-13(21)5-14(22)7-15;2-1-3;1-2/h1-7H,8-10H2;1-7H,8-10H2;1H2;2H,1H3/i;;;1D/hT. The molecule has 4 saturated heterocycles. The average Bonchev–Trinajstić information content (AvgIpc) is 3.80. The highest BCUT2D eigenvalue weighted by Crippen LogP contribution is 2.48. The van der Waals surface area contributed by atoms with E-state index >= 15 is 0 Å². The molecule has 9 nitrogen and oxygen atoms in total. The van der Waals surface area contributed by atoms with Crippen LogP contribution in [-0.4, -0.2) is 82.2 Å². The molecule has 0 N–H and O–H groups in total. The molecule has 4 aliphatic heterocycles. The summed E-state index contributed by atoms with van der Waals surface area (Å²) in [7, 11) is 0. The largest absolute Gasteiger partial charge is 0.332 e. The van der Waals surface area contributed by atoms with E-state index in [0.29, 0.717) is 21.3 Å². The summed E-state index contributed by atoms with van der Waals surface area (Å²) in [5, 5.41) is 1.32. The highest BCUT2D eigenvalue weighted by molar-refractivity contribution is 9.10. The zero-order valence-corrected chi connectivity index (χ0v) is 39.3. The SMILES string of the molecule is ClCCl.O=C1CN2C(=O)N(c3cc(Cl)cc(Cl)c3)C(=O)C2(Cc2ccc(Br)cc2)C1.O=C1N(c2cc(Cl)cc(Cl)c2)C(=O)C2(Cc3ccc(Br)cc3)CC(F)(F)CN12.[2H]CS[3H]. The zero-order valence-electron chi connectivity index (χ0n) is 32.8. The molecule has 60 heavy (non-hydrogen) atoms. The topological polar surface area (TPSA) is 98.3 Å². The first-order valence-electron chi connectivity index (χ1n) is 18.5. The van der Waals surface area contributed by atoms with Crippen LogP contribution >= 0.6 is 114 Å². The van der Waals surface area contributed by atoms with E-state index in [9.17, 15) is 32.8 Å². The van der Waals surface area contributed by atoms with Crippen molar-refractivity contribution in [3.63, 3.8) is 0 Å². The van der Waals surface area contributed by atoms with Crippen LogP contribution in [0.3, 0.4) is 0 Å². The van der Waals surface area contributed by atoms with E-state index in [0.717, 1.165) is 41.7 Å². The van der Waals surface area contributed by atoms with Crippen molar-refractivity contribution in [2.75, 3.05) is 34.5 Å². The number of alkyl halides is 4. The van der Waals surface area contributed by atoms with E-state index in [1.54, 1.807) is 24.3 Å². The molecule has 4 fully saturated rings. The number of rotatable bonds is 6. The Morgan fingerprint density at radius 3 is 1.50 bits per heavy atom.